The van der Waals surface area contributed by atoms with Gasteiger partial charge in [-0.1, -0.05) is 63.2 Å². The van der Waals surface area contributed by atoms with Gasteiger partial charge in [-0.3, -0.25) is 0 Å². The Kier molecular flexibility index (Phi) is 6.15. The predicted octanol–water partition coefficient (Wildman–Crippen LogP) is 8.11. The minimum atomic E-state index is 0.0297. The summed E-state index contributed by atoms with van der Waals surface area (Å²) in [7, 11) is 0. The van der Waals surface area contributed by atoms with Gasteiger partial charge in [-0.2, -0.15) is 5.10 Å². The number of allylic oxidation sites excluding steroid dienone is 2. The maximum Gasteiger partial charge on any atom is 0.129 e. The third-order valence-corrected chi connectivity index (χ3v) is 7.18. The van der Waals surface area contributed by atoms with Gasteiger partial charge in [-0.25, -0.2) is 4.68 Å². The first-order valence-electron chi connectivity index (χ1n) is 13.4. The van der Waals surface area contributed by atoms with Crippen molar-refractivity contribution >= 4 is 11.4 Å². The van der Waals surface area contributed by atoms with E-state index in [4.69, 9.17) is 4.74 Å². The number of para-hydroxylation sites is 1. The number of fused-ring (bicyclic) bond motifs is 1. The lowest BCUT2D eigenvalue weighted by Crippen LogP contribution is -2.37. The number of aryl methyl sites for hydroxylation is 2. The van der Waals surface area contributed by atoms with Crippen molar-refractivity contribution in [2.75, 3.05) is 4.90 Å². The summed E-state index contributed by atoms with van der Waals surface area (Å²) >= 11 is 0. The standard InChI is InChI=1S/C34H34N4O/c1-24-20-25(2)38(35-24)27-13-11-15-29(22-27)39-28-14-10-12-26(21-28)32-23-37(33-18-8-9-19-36(32)33)31-17-7-6-16-30(31)34(3,4)5/h6-23,33H,1-5H3. The second kappa shape index (κ2) is 9.66. The minimum absolute atomic E-state index is 0.0297. The van der Waals surface area contributed by atoms with Crippen LogP contribution in [0.1, 0.15) is 43.3 Å². The molecule has 6 rings (SSSR count). The monoisotopic (exact) mass is 514 g/mol. The van der Waals surface area contributed by atoms with Gasteiger partial charge >= 0.3 is 0 Å². The molecule has 0 N–H and O–H groups in total. The Labute approximate surface area is 231 Å². The molecule has 2 aliphatic heterocycles. The molecular weight excluding hydrogens is 480 g/mol. The number of anilines is 1. The molecule has 0 fully saturated rings. The van der Waals surface area contributed by atoms with Gasteiger partial charge in [0.15, 0.2) is 0 Å². The molecule has 5 nitrogen and oxygen atoms in total. The summed E-state index contributed by atoms with van der Waals surface area (Å²) in [5.74, 6) is 1.57. The van der Waals surface area contributed by atoms with Crippen molar-refractivity contribution in [3.8, 4) is 17.2 Å². The normalized spacial score (nSPS) is 16.4. The van der Waals surface area contributed by atoms with E-state index in [-0.39, 0.29) is 11.6 Å². The smallest absolute Gasteiger partial charge is 0.129 e. The van der Waals surface area contributed by atoms with Crippen LogP contribution in [0.2, 0.25) is 0 Å². The molecule has 0 saturated carbocycles. The second-order valence-corrected chi connectivity index (χ2v) is 11.2. The summed E-state index contributed by atoms with van der Waals surface area (Å²) in [5.41, 5.74) is 7.88. The van der Waals surface area contributed by atoms with Crippen LogP contribution in [0.3, 0.4) is 0 Å². The van der Waals surface area contributed by atoms with Crippen LogP contribution in [0.5, 0.6) is 11.5 Å². The van der Waals surface area contributed by atoms with Crippen molar-refractivity contribution in [3.63, 3.8) is 0 Å². The zero-order valence-corrected chi connectivity index (χ0v) is 23.2. The van der Waals surface area contributed by atoms with E-state index in [0.29, 0.717) is 0 Å². The second-order valence-electron chi connectivity index (χ2n) is 11.2. The van der Waals surface area contributed by atoms with Gasteiger partial charge in [-0.05, 0) is 73.4 Å². The average Bonchev–Trinajstić information content (AvgIpc) is 3.48. The fourth-order valence-electron chi connectivity index (χ4n) is 5.40. The number of ether oxygens (including phenoxy) is 1. The third-order valence-electron chi connectivity index (χ3n) is 7.18. The molecule has 0 bridgehead atoms. The van der Waals surface area contributed by atoms with Gasteiger partial charge in [-0.15, -0.1) is 0 Å². The van der Waals surface area contributed by atoms with Crippen LogP contribution in [-0.2, 0) is 5.41 Å². The highest BCUT2D eigenvalue weighted by atomic mass is 16.5. The van der Waals surface area contributed by atoms with E-state index >= 15 is 0 Å². The molecule has 0 amide bonds. The first-order valence-corrected chi connectivity index (χ1v) is 13.4. The molecule has 39 heavy (non-hydrogen) atoms. The fourth-order valence-corrected chi connectivity index (χ4v) is 5.40. The van der Waals surface area contributed by atoms with Crippen molar-refractivity contribution in [2.24, 2.45) is 0 Å². The van der Waals surface area contributed by atoms with E-state index in [0.717, 1.165) is 39.8 Å². The van der Waals surface area contributed by atoms with Crippen LogP contribution in [0.15, 0.2) is 109 Å². The molecule has 5 heteroatoms. The molecule has 0 radical (unpaired) electrons. The van der Waals surface area contributed by atoms with Crippen molar-refractivity contribution in [1.82, 2.24) is 14.7 Å². The Morgan fingerprint density at radius 1 is 0.795 bits per heavy atom. The Morgan fingerprint density at radius 3 is 2.33 bits per heavy atom. The van der Waals surface area contributed by atoms with Gasteiger partial charge in [0.1, 0.15) is 17.7 Å². The highest BCUT2D eigenvalue weighted by molar-refractivity contribution is 5.76. The summed E-state index contributed by atoms with van der Waals surface area (Å²) in [4.78, 5) is 4.70. The molecule has 3 heterocycles. The predicted molar refractivity (Wildman–Crippen MR) is 159 cm³/mol. The SMILES string of the molecule is Cc1cc(C)n(-c2cccc(Oc3cccc(C4=CN(c5ccccc5C(C)(C)C)C5C=CC=CN45)c3)c2)n1. The van der Waals surface area contributed by atoms with Gasteiger partial charge in [0.2, 0.25) is 0 Å². The fraction of sp³-hybridized carbons (Fsp3) is 0.206. The Balaban J connectivity index is 1.33. The summed E-state index contributed by atoms with van der Waals surface area (Å²) in [6.07, 6.45) is 11.0. The quantitative estimate of drug-likeness (QED) is 0.269. The number of nitrogens with zero attached hydrogens (tertiary/aromatic N) is 4. The van der Waals surface area contributed by atoms with E-state index in [2.05, 4.69) is 122 Å². The molecule has 3 aromatic carbocycles. The van der Waals surface area contributed by atoms with Crippen LogP contribution in [0.4, 0.5) is 5.69 Å². The lowest BCUT2D eigenvalue weighted by Gasteiger charge is -2.34. The van der Waals surface area contributed by atoms with E-state index < -0.39 is 0 Å². The molecule has 0 spiro atoms. The minimum Gasteiger partial charge on any atom is -0.457 e. The number of hydrogen-bond acceptors (Lipinski definition) is 4. The lowest BCUT2D eigenvalue weighted by atomic mass is 9.85. The van der Waals surface area contributed by atoms with E-state index in [1.807, 2.05) is 41.9 Å². The maximum absolute atomic E-state index is 6.37. The summed E-state index contributed by atoms with van der Waals surface area (Å²) < 4.78 is 8.31. The molecule has 4 aromatic rings. The third kappa shape index (κ3) is 4.76. The number of hydrogen-bond donors (Lipinski definition) is 0. The number of rotatable bonds is 5. The Morgan fingerprint density at radius 2 is 1.56 bits per heavy atom. The summed E-state index contributed by atoms with van der Waals surface area (Å²) in [5, 5.41) is 4.62. The highest BCUT2D eigenvalue weighted by Crippen LogP contribution is 2.41. The zero-order chi connectivity index (χ0) is 27.1. The molecule has 0 aliphatic carbocycles. The van der Waals surface area contributed by atoms with Crippen molar-refractivity contribution < 1.29 is 4.74 Å². The molecule has 196 valence electrons. The van der Waals surface area contributed by atoms with Crippen molar-refractivity contribution in [2.45, 2.75) is 46.2 Å². The van der Waals surface area contributed by atoms with Gasteiger partial charge < -0.3 is 14.5 Å². The average molecular weight is 515 g/mol. The first kappa shape index (κ1) is 24.8. The molecule has 2 aliphatic rings. The Hall–Kier alpha value is -4.51. The van der Waals surface area contributed by atoms with Gasteiger partial charge in [0, 0.05) is 35.4 Å². The van der Waals surface area contributed by atoms with Crippen LogP contribution in [0, 0.1) is 13.8 Å². The summed E-state index contributed by atoms with van der Waals surface area (Å²) in [6.45, 7) is 10.9. The zero-order valence-electron chi connectivity index (χ0n) is 23.2. The Bertz CT molecular complexity index is 1620. The van der Waals surface area contributed by atoms with Gasteiger partial charge in [0.25, 0.3) is 0 Å². The number of benzene rings is 3. The van der Waals surface area contributed by atoms with Crippen LogP contribution < -0.4 is 9.64 Å². The largest absolute Gasteiger partial charge is 0.457 e. The lowest BCUT2D eigenvalue weighted by molar-refractivity contribution is 0.467. The summed E-state index contributed by atoms with van der Waals surface area (Å²) in [6, 6.07) is 27.2. The molecule has 0 saturated heterocycles. The molecular formula is C34H34N4O. The van der Waals surface area contributed by atoms with Crippen molar-refractivity contribution in [1.29, 1.82) is 0 Å². The van der Waals surface area contributed by atoms with Crippen LogP contribution >= 0.6 is 0 Å². The maximum atomic E-state index is 6.37. The highest BCUT2D eigenvalue weighted by Gasteiger charge is 2.34. The van der Waals surface area contributed by atoms with Crippen LogP contribution in [-0.4, -0.2) is 20.8 Å². The number of aromatic nitrogens is 2. The molecule has 1 atom stereocenters. The molecule has 1 aromatic heterocycles. The van der Waals surface area contributed by atoms with Crippen LogP contribution in [0.25, 0.3) is 11.4 Å². The topological polar surface area (TPSA) is 33.5 Å². The van der Waals surface area contributed by atoms with E-state index in [1.165, 1.54) is 11.3 Å². The molecule has 1 unspecified atom stereocenters. The van der Waals surface area contributed by atoms with E-state index in [9.17, 15) is 0 Å². The van der Waals surface area contributed by atoms with E-state index in [1.54, 1.807) is 0 Å². The first-order chi connectivity index (χ1) is 18.8. The van der Waals surface area contributed by atoms with Gasteiger partial charge in [0.05, 0.1) is 17.1 Å². The van der Waals surface area contributed by atoms with Crippen molar-refractivity contribution in [3.05, 3.63) is 132 Å².